The molecule has 0 aliphatic carbocycles. The summed E-state index contributed by atoms with van der Waals surface area (Å²) in [5, 5.41) is 8.22. The zero-order valence-electron chi connectivity index (χ0n) is 15.6. The number of benzene rings is 1. The van der Waals surface area contributed by atoms with Gasteiger partial charge in [0.2, 0.25) is 0 Å². The number of aryl methyl sites for hydroxylation is 1. The number of nitrogens with one attached hydrogen (secondary N) is 1. The highest BCUT2D eigenvalue weighted by atomic mass is 32.2. The van der Waals surface area contributed by atoms with Crippen LogP contribution in [0.3, 0.4) is 0 Å². The Balaban J connectivity index is 1.65. The summed E-state index contributed by atoms with van der Waals surface area (Å²) >= 11 is 1.51. The Morgan fingerprint density at radius 3 is 2.79 bits per heavy atom. The number of ether oxygens (including phenoxy) is 1. The molecule has 0 radical (unpaired) electrons. The number of aromatic nitrogens is 3. The van der Waals surface area contributed by atoms with Crippen molar-refractivity contribution < 1.29 is 17.9 Å². The van der Waals surface area contributed by atoms with Gasteiger partial charge in [-0.3, -0.25) is 4.68 Å². The molecule has 10 heteroatoms. The van der Waals surface area contributed by atoms with Crippen LogP contribution >= 0.6 is 11.9 Å². The molecule has 0 amide bonds. The normalized spacial score (nSPS) is 11.6. The second kappa shape index (κ2) is 8.17. The molecule has 2 heterocycles. The molecule has 0 aliphatic rings. The fraction of sp³-hybridized carbons (Fsp3) is 0.333. The van der Waals surface area contributed by atoms with E-state index in [2.05, 4.69) is 15.4 Å². The van der Waals surface area contributed by atoms with E-state index >= 15 is 0 Å². The minimum absolute atomic E-state index is 0.199. The zero-order chi connectivity index (χ0) is 20.3. The van der Waals surface area contributed by atoms with Gasteiger partial charge in [-0.05, 0) is 36.2 Å². The maximum Gasteiger partial charge on any atom is 0.416 e. The summed E-state index contributed by atoms with van der Waals surface area (Å²) in [5.74, 6) is 1.54. The Hall–Kier alpha value is -2.62. The maximum absolute atomic E-state index is 12.8. The molecule has 150 valence electrons. The lowest BCUT2D eigenvalue weighted by Gasteiger charge is -2.22. The van der Waals surface area contributed by atoms with Crippen molar-refractivity contribution in [2.45, 2.75) is 6.18 Å². The smallest absolute Gasteiger partial charge is 0.416 e. The number of hydrogen-bond acceptors (Lipinski definition) is 6. The molecule has 0 saturated heterocycles. The lowest BCUT2D eigenvalue weighted by atomic mass is 10.2. The van der Waals surface area contributed by atoms with Crippen LogP contribution < -0.4 is 14.4 Å². The molecule has 0 aliphatic heterocycles. The van der Waals surface area contributed by atoms with Crippen LogP contribution in [0.4, 0.5) is 24.7 Å². The lowest BCUT2D eigenvalue weighted by Crippen LogP contribution is -2.15. The minimum Gasteiger partial charge on any atom is -0.494 e. The number of rotatable bonds is 7. The van der Waals surface area contributed by atoms with Gasteiger partial charge in [-0.1, -0.05) is 0 Å². The first-order valence-electron chi connectivity index (χ1n) is 8.43. The molecule has 0 saturated carbocycles. The topological polar surface area (TPSA) is 55.2 Å². The first-order chi connectivity index (χ1) is 13.3. The fourth-order valence-corrected chi connectivity index (χ4v) is 3.60. The molecule has 1 aromatic carbocycles. The molecule has 3 rings (SSSR count). The summed E-state index contributed by atoms with van der Waals surface area (Å²) in [4.78, 5) is 3.94. The second-order valence-corrected chi connectivity index (χ2v) is 7.22. The van der Waals surface area contributed by atoms with Gasteiger partial charge in [0.25, 0.3) is 0 Å². The molecule has 0 spiro atoms. The number of hydrogen-bond donors (Lipinski definition) is 1. The van der Waals surface area contributed by atoms with Gasteiger partial charge in [0.15, 0.2) is 0 Å². The van der Waals surface area contributed by atoms with Gasteiger partial charge < -0.3 is 14.4 Å². The number of halogens is 3. The molecule has 6 nitrogen and oxygen atoms in total. The van der Waals surface area contributed by atoms with Gasteiger partial charge in [-0.2, -0.15) is 18.3 Å². The van der Waals surface area contributed by atoms with Crippen LogP contribution in [0.5, 0.6) is 5.75 Å². The average Bonchev–Trinajstić information content (AvgIpc) is 3.05. The average molecular weight is 411 g/mol. The molecule has 1 N–H and O–H groups in total. The van der Waals surface area contributed by atoms with Crippen LogP contribution in [0.25, 0.3) is 10.9 Å². The van der Waals surface area contributed by atoms with E-state index < -0.39 is 11.7 Å². The van der Waals surface area contributed by atoms with Crippen molar-refractivity contribution >= 4 is 34.4 Å². The van der Waals surface area contributed by atoms with Crippen LogP contribution in [-0.4, -0.2) is 41.2 Å². The number of methoxy groups -OCH3 is 1. The van der Waals surface area contributed by atoms with Gasteiger partial charge in [-0.25, -0.2) is 4.98 Å². The Morgan fingerprint density at radius 1 is 1.29 bits per heavy atom. The van der Waals surface area contributed by atoms with Crippen LogP contribution in [0.2, 0.25) is 0 Å². The van der Waals surface area contributed by atoms with Crippen molar-refractivity contribution in [3.05, 3.63) is 42.2 Å². The minimum atomic E-state index is -4.38. The number of nitrogens with zero attached hydrogens (tertiary/aromatic N) is 4. The summed E-state index contributed by atoms with van der Waals surface area (Å²) in [6.07, 6.45) is -1.44. The Labute approximate surface area is 164 Å². The van der Waals surface area contributed by atoms with Crippen LogP contribution in [0.1, 0.15) is 5.56 Å². The molecule has 0 unspecified atom stereocenters. The molecular weight excluding hydrogens is 391 g/mol. The predicted molar refractivity (Wildman–Crippen MR) is 106 cm³/mol. The van der Waals surface area contributed by atoms with Crippen molar-refractivity contribution in [2.75, 3.05) is 36.1 Å². The largest absolute Gasteiger partial charge is 0.494 e. The first kappa shape index (κ1) is 20.1. The third-order valence-corrected chi connectivity index (χ3v) is 5.11. The summed E-state index contributed by atoms with van der Waals surface area (Å²) < 4.78 is 47.6. The van der Waals surface area contributed by atoms with E-state index in [1.165, 1.54) is 11.9 Å². The number of anilines is 2. The molecule has 28 heavy (non-hydrogen) atoms. The highest BCUT2D eigenvalue weighted by Gasteiger charge is 2.30. The van der Waals surface area contributed by atoms with Crippen molar-refractivity contribution in [2.24, 2.45) is 7.05 Å². The van der Waals surface area contributed by atoms with E-state index in [1.54, 1.807) is 18.0 Å². The van der Waals surface area contributed by atoms with Crippen molar-refractivity contribution in [1.29, 1.82) is 0 Å². The summed E-state index contributed by atoms with van der Waals surface area (Å²) in [7, 11) is 5.39. The highest BCUT2D eigenvalue weighted by Crippen LogP contribution is 2.38. The highest BCUT2D eigenvalue weighted by molar-refractivity contribution is 8.00. The van der Waals surface area contributed by atoms with E-state index in [-0.39, 0.29) is 5.82 Å². The van der Waals surface area contributed by atoms with Crippen molar-refractivity contribution in [3.63, 3.8) is 0 Å². The zero-order valence-corrected chi connectivity index (χ0v) is 16.4. The van der Waals surface area contributed by atoms with Crippen molar-refractivity contribution in [3.8, 4) is 5.75 Å². The van der Waals surface area contributed by atoms with Gasteiger partial charge in [0, 0.05) is 38.0 Å². The van der Waals surface area contributed by atoms with E-state index in [1.807, 2.05) is 30.5 Å². The van der Waals surface area contributed by atoms with Gasteiger partial charge in [-0.15, -0.1) is 0 Å². The maximum atomic E-state index is 12.8. The number of alkyl halides is 3. The SMILES string of the molecule is COc1ccc2cnn(C)c2c1N(C)SCCNc1cc(C(F)(F)F)ccn1. The Morgan fingerprint density at radius 2 is 2.07 bits per heavy atom. The van der Waals surface area contributed by atoms with E-state index in [0.29, 0.717) is 12.3 Å². The molecule has 0 bridgehead atoms. The Bertz CT molecular complexity index is 960. The molecule has 0 fully saturated rings. The predicted octanol–water partition coefficient (Wildman–Crippen LogP) is 4.19. The van der Waals surface area contributed by atoms with Gasteiger partial charge in [0.05, 0.1) is 24.4 Å². The first-order valence-corrected chi connectivity index (χ1v) is 9.38. The fourth-order valence-electron chi connectivity index (χ4n) is 2.83. The van der Waals surface area contributed by atoms with Crippen LogP contribution in [0.15, 0.2) is 36.7 Å². The van der Waals surface area contributed by atoms with E-state index in [9.17, 15) is 13.2 Å². The van der Waals surface area contributed by atoms with Crippen molar-refractivity contribution in [1.82, 2.24) is 14.8 Å². The summed E-state index contributed by atoms with van der Waals surface area (Å²) in [6, 6.07) is 5.80. The van der Waals surface area contributed by atoms with Gasteiger partial charge >= 0.3 is 6.18 Å². The Kier molecular flexibility index (Phi) is 5.87. The monoisotopic (exact) mass is 411 g/mol. The molecule has 3 aromatic rings. The molecular formula is C18H20F3N5OS. The summed E-state index contributed by atoms with van der Waals surface area (Å²) in [6.45, 7) is 0.451. The number of fused-ring (bicyclic) bond motifs is 1. The summed E-state index contributed by atoms with van der Waals surface area (Å²) in [5.41, 5.74) is 1.12. The third-order valence-electron chi connectivity index (χ3n) is 4.15. The van der Waals surface area contributed by atoms with Crippen LogP contribution in [-0.2, 0) is 13.2 Å². The van der Waals surface area contributed by atoms with E-state index in [4.69, 9.17) is 4.74 Å². The second-order valence-electron chi connectivity index (χ2n) is 6.01. The molecule has 2 aromatic heterocycles. The third kappa shape index (κ3) is 4.27. The quantitative estimate of drug-likeness (QED) is 0.465. The standard InChI is InChI=1S/C18H20F3N5OS/c1-25-16-12(11-24-25)4-5-14(27-3)17(16)26(2)28-9-8-23-15-10-13(6-7-22-15)18(19,20)21/h4-7,10-11H,8-9H2,1-3H3,(H,22,23). The molecule has 0 atom stereocenters. The lowest BCUT2D eigenvalue weighted by molar-refractivity contribution is -0.137. The van der Waals surface area contributed by atoms with Crippen LogP contribution in [0, 0.1) is 0 Å². The van der Waals surface area contributed by atoms with Gasteiger partial charge in [0.1, 0.15) is 17.3 Å². The van der Waals surface area contributed by atoms with E-state index in [0.717, 1.165) is 40.7 Å². The number of pyridine rings is 1.